The van der Waals surface area contributed by atoms with E-state index in [1.54, 1.807) is 49.9 Å². The van der Waals surface area contributed by atoms with Gasteiger partial charge in [0, 0.05) is 30.9 Å². The van der Waals surface area contributed by atoms with Crippen molar-refractivity contribution in [3.05, 3.63) is 72.4 Å². The third-order valence-electron chi connectivity index (χ3n) is 3.73. The van der Waals surface area contributed by atoms with Crippen LogP contribution in [-0.2, 0) is 11.3 Å². The number of hydrogen-bond acceptors (Lipinski definition) is 5. The lowest BCUT2D eigenvalue weighted by Gasteiger charge is -2.17. The Balaban J connectivity index is 1.59. The molecule has 2 aromatic heterocycles. The van der Waals surface area contributed by atoms with E-state index in [1.807, 2.05) is 12.1 Å². The SMILES string of the molecule is CN(CC(=O)NCc1cccnc1-n1cncn1)C(=O)c1ccccc1. The molecule has 0 spiro atoms. The summed E-state index contributed by atoms with van der Waals surface area (Å²) >= 11 is 0. The molecule has 132 valence electrons. The normalized spacial score (nSPS) is 10.3. The second-order valence-corrected chi connectivity index (χ2v) is 5.63. The maximum absolute atomic E-state index is 12.3. The van der Waals surface area contributed by atoms with Crippen LogP contribution in [0.15, 0.2) is 61.3 Å². The number of hydrogen-bond donors (Lipinski definition) is 1. The number of nitrogens with one attached hydrogen (secondary N) is 1. The van der Waals surface area contributed by atoms with Crippen LogP contribution in [0.2, 0.25) is 0 Å². The topological polar surface area (TPSA) is 93.0 Å². The summed E-state index contributed by atoms with van der Waals surface area (Å²) in [5.74, 6) is 0.134. The van der Waals surface area contributed by atoms with Gasteiger partial charge in [-0.3, -0.25) is 9.59 Å². The molecule has 0 bridgehead atoms. The predicted octanol–water partition coefficient (Wildman–Crippen LogP) is 1.05. The molecule has 0 aliphatic rings. The van der Waals surface area contributed by atoms with Gasteiger partial charge in [0.2, 0.25) is 5.91 Å². The minimum Gasteiger partial charge on any atom is -0.350 e. The first-order valence-electron chi connectivity index (χ1n) is 8.01. The molecular formula is C18H18N6O2. The molecule has 0 radical (unpaired) electrons. The number of likely N-dealkylation sites (N-methyl/N-ethyl adjacent to an activating group) is 1. The van der Waals surface area contributed by atoms with E-state index >= 15 is 0 Å². The fraction of sp³-hybridized carbons (Fsp3) is 0.167. The van der Waals surface area contributed by atoms with Crippen molar-refractivity contribution < 1.29 is 9.59 Å². The van der Waals surface area contributed by atoms with Gasteiger partial charge in [-0.25, -0.2) is 14.6 Å². The molecule has 3 aromatic rings. The van der Waals surface area contributed by atoms with Crippen molar-refractivity contribution in [1.82, 2.24) is 30.0 Å². The number of pyridine rings is 1. The van der Waals surface area contributed by atoms with Crippen LogP contribution < -0.4 is 5.32 Å². The zero-order valence-electron chi connectivity index (χ0n) is 14.2. The van der Waals surface area contributed by atoms with Crippen molar-refractivity contribution >= 4 is 11.8 Å². The number of benzene rings is 1. The van der Waals surface area contributed by atoms with Gasteiger partial charge in [-0.05, 0) is 18.2 Å². The maximum atomic E-state index is 12.3. The highest BCUT2D eigenvalue weighted by molar-refractivity contribution is 5.96. The first-order chi connectivity index (χ1) is 12.6. The van der Waals surface area contributed by atoms with Crippen molar-refractivity contribution in [3.63, 3.8) is 0 Å². The van der Waals surface area contributed by atoms with Crippen molar-refractivity contribution in [3.8, 4) is 5.82 Å². The van der Waals surface area contributed by atoms with Crippen LogP contribution >= 0.6 is 0 Å². The number of amides is 2. The van der Waals surface area contributed by atoms with Crippen LogP contribution in [-0.4, -0.2) is 50.1 Å². The highest BCUT2D eigenvalue weighted by Gasteiger charge is 2.15. The van der Waals surface area contributed by atoms with E-state index in [2.05, 4.69) is 20.4 Å². The number of nitrogens with zero attached hydrogens (tertiary/aromatic N) is 5. The second-order valence-electron chi connectivity index (χ2n) is 5.63. The first kappa shape index (κ1) is 17.3. The number of carbonyl (C=O) groups is 2. The lowest BCUT2D eigenvalue weighted by Crippen LogP contribution is -2.38. The smallest absolute Gasteiger partial charge is 0.254 e. The van der Waals surface area contributed by atoms with E-state index in [1.165, 1.54) is 15.9 Å². The Hall–Kier alpha value is -3.55. The van der Waals surface area contributed by atoms with E-state index in [4.69, 9.17) is 0 Å². The summed E-state index contributed by atoms with van der Waals surface area (Å²) in [5, 5.41) is 6.86. The van der Waals surface area contributed by atoms with Crippen LogP contribution in [0.5, 0.6) is 0 Å². The quantitative estimate of drug-likeness (QED) is 0.717. The molecule has 0 aliphatic carbocycles. The van der Waals surface area contributed by atoms with Gasteiger partial charge >= 0.3 is 0 Å². The Kier molecular flexibility index (Phi) is 5.33. The number of rotatable bonds is 6. The molecular weight excluding hydrogens is 332 g/mol. The Morgan fingerprint density at radius 1 is 1.15 bits per heavy atom. The predicted molar refractivity (Wildman–Crippen MR) is 94.4 cm³/mol. The molecule has 8 nitrogen and oxygen atoms in total. The van der Waals surface area contributed by atoms with Gasteiger partial charge < -0.3 is 10.2 Å². The molecule has 3 rings (SSSR count). The van der Waals surface area contributed by atoms with E-state index in [9.17, 15) is 9.59 Å². The van der Waals surface area contributed by atoms with Gasteiger partial charge in [-0.1, -0.05) is 24.3 Å². The van der Waals surface area contributed by atoms with Crippen LogP contribution in [0.1, 0.15) is 15.9 Å². The number of carbonyl (C=O) groups excluding carboxylic acids is 2. The van der Waals surface area contributed by atoms with Gasteiger partial charge in [-0.2, -0.15) is 5.10 Å². The lowest BCUT2D eigenvalue weighted by atomic mass is 10.2. The van der Waals surface area contributed by atoms with Crippen LogP contribution in [0, 0.1) is 0 Å². The zero-order valence-corrected chi connectivity index (χ0v) is 14.2. The fourth-order valence-electron chi connectivity index (χ4n) is 2.43. The van der Waals surface area contributed by atoms with E-state index in [0.717, 1.165) is 5.56 Å². The van der Waals surface area contributed by atoms with E-state index < -0.39 is 0 Å². The van der Waals surface area contributed by atoms with E-state index in [-0.39, 0.29) is 24.9 Å². The summed E-state index contributed by atoms with van der Waals surface area (Å²) in [6, 6.07) is 12.5. The van der Waals surface area contributed by atoms with E-state index in [0.29, 0.717) is 11.4 Å². The van der Waals surface area contributed by atoms with Gasteiger partial charge in [0.15, 0.2) is 5.82 Å². The summed E-state index contributed by atoms with van der Waals surface area (Å²) in [6.07, 6.45) is 4.61. The Morgan fingerprint density at radius 3 is 2.69 bits per heavy atom. The Morgan fingerprint density at radius 2 is 1.96 bits per heavy atom. The number of aromatic nitrogens is 4. The highest BCUT2D eigenvalue weighted by atomic mass is 16.2. The van der Waals surface area contributed by atoms with Crippen molar-refractivity contribution in [1.29, 1.82) is 0 Å². The molecule has 0 fully saturated rings. The van der Waals surface area contributed by atoms with Gasteiger partial charge in [0.05, 0.1) is 6.54 Å². The molecule has 1 aromatic carbocycles. The monoisotopic (exact) mass is 350 g/mol. The summed E-state index contributed by atoms with van der Waals surface area (Å²) in [5.41, 5.74) is 1.34. The fourth-order valence-corrected chi connectivity index (χ4v) is 2.43. The minimum absolute atomic E-state index is 0.0351. The van der Waals surface area contributed by atoms with Crippen molar-refractivity contribution in [2.75, 3.05) is 13.6 Å². The summed E-state index contributed by atoms with van der Waals surface area (Å²) < 4.78 is 1.53. The summed E-state index contributed by atoms with van der Waals surface area (Å²) in [4.78, 5) is 34.0. The average Bonchev–Trinajstić information content (AvgIpc) is 3.21. The van der Waals surface area contributed by atoms with Crippen LogP contribution in [0.25, 0.3) is 5.82 Å². The highest BCUT2D eigenvalue weighted by Crippen LogP contribution is 2.09. The van der Waals surface area contributed by atoms with Crippen molar-refractivity contribution in [2.24, 2.45) is 0 Å². The van der Waals surface area contributed by atoms with Gasteiger partial charge in [-0.15, -0.1) is 0 Å². The van der Waals surface area contributed by atoms with Gasteiger partial charge in [0.25, 0.3) is 5.91 Å². The third-order valence-corrected chi connectivity index (χ3v) is 3.73. The largest absolute Gasteiger partial charge is 0.350 e. The molecule has 2 amide bonds. The maximum Gasteiger partial charge on any atom is 0.254 e. The van der Waals surface area contributed by atoms with Gasteiger partial charge in [0.1, 0.15) is 12.7 Å². The molecule has 0 atom stereocenters. The molecule has 0 saturated carbocycles. The van der Waals surface area contributed by atoms with Crippen molar-refractivity contribution in [2.45, 2.75) is 6.54 Å². The first-order valence-corrected chi connectivity index (χ1v) is 8.01. The Bertz CT molecular complexity index is 880. The molecule has 0 aliphatic heterocycles. The zero-order chi connectivity index (χ0) is 18.4. The molecule has 2 heterocycles. The molecule has 1 N–H and O–H groups in total. The molecule has 0 saturated heterocycles. The second kappa shape index (κ2) is 8.02. The van der Waals surface area contributed by atoms with Crippen LogP contribution in [0.3, 0.4) is 0 Å². The Labute approximate surface area is 150 Å². The summed E-state index contributed by atoms with van der Waals surface area (Å²) in [6.45, 7) is 0.238. The lowest BCUT2D eigenvalue weighted by molar-refractivity contribution is -0.121. The third kappa shape index (κ3) is 4.10. The molecule has 0 unspecified atom stereocenters. The average molecular weight is 350 g/mol. The summed E-state index contributed by atoms with van der Waals surface area (Å²) in [7, 11) is 1.60. The molecule has 8 heteroatoms. The van der Waals surface area contributed by atoms with Crippen LogP contribution in [0.4, 0.5) is 0 Å². The standard InChI is InChI=1S/C18H18N6O2/c1-23(18(26)14-6-3-2-4-7-14)11-16(25)21-10-15-8-5-9-20-17(15)24-13-19-12-22-24/h2-9,12-13H,10-11H2,1H3,(H,21,25). The molecule has 26 heavy (non-hydrogen) atoms. The minimum atomic E-state index is -0.259.